The van der Waals surface area contributed by atoms with Gasteiger partial charge in [0.2, 0.25) is 5.78 Å². The van der Waals surface area contributed by atoms with Gasteiger partial charge in [0.05, 0.1) is 14.6 Å². The fourth-order valence-corrected chi connectivity index (χ4v) is 2.75. The van der Waals surface area contributed by atoms with Gasteiger partial charge in [-0.25, -0.2) is 0 Å². The van der Waals surface area contributed by atoms with E-state index in [-0.39, 0.29) is 24.3 Å². The highest BCUT2D eigenvalue weighted by Gasteiger charge is 2.16. The van der Waals surface area contributed by atoms with Crippen LogP contribution in [0.4, 0.5) is 0 Å². The molecule has 0 N–H and O–H groups in total. The molecule has 1 aromatic rings. The van der Waals surface area contributed by atoms with Gasteiger partial charge >= 0.3 is 5.97 Å². The monoisotopic (exact) mass is 332 g/mol. The Morgan fingerprint density at radius 2 is 2.17 bits per heavy atom. The van der Waals surface area contributed by atoms with Crippen LogP contribution in [0.2, 0.25) is 0 Å². The Morgan fingerprint density at radius 1 is 1.44 bits per heavy atom. The highest BCUT2D eigenvalue weighted by atomic mass is 79.9. The van der Waals surface area contributed by atoms with Crippen molar-refractivity contribution in [3.05, 3.63) is 20.8 Å². The molecule has 100 valence electrons. The van der Waals surface area contributed by atoms with Crippen molar-refractivity contribution in [2.75, 3.05) is 6.61 Å². The number of hydrogen-bond donors (Lipinski definition) is 0. The van der Waals surface area contributed by atoms with Gasteiger partial charge in [-0.3, -0.25) is 9.59 Å². The van der Waals surface area contributed by atoms with Crippen molar-refractivity contribution < 1.29 is 14.3 Å². The van der Waals surface area contributed by atoms with E-state index in [9.17, 15) is 9.59 Å². The third kappa shape index (κ3) is 4.90. The second kappa shape index (κ2) is 7.69. The van der Waals surface area contributed by atoms with Crippen molar-refractivity contribution in [2.24, 2.45) is 5.92 Å². The highest BCUT2D eigenvalue weighted by Crippen LogP contribution is 2.22. The van der Waals surface area contributed by atoms with E-state index in [0.29, 0.717) is 4.88 Å². The Kier molecular flexibility index (Phi) is 6.57. The minimum absolute atomic E-state index is 0.132. The minimum atomic E-state index is -0.285. The van der Waals surface area contributed by atoms with Gasteiger partial charge in [0.25, 0.3) is 0 Å². The van der Waals surface area contributed by atoms with Crippen molar-refractivity contribution in [1.82, 2.24) is 0 Å². The number of ketones is 1. The van der Waals surface area contributed by atoms with E-state index in [4.69, 9.17) is 4.74 Å². The molecular weight excluding hydrogens is 316 g/mol. The molecule has 0 amide bonds. The SMILES string of the molecule is CCCCC(C)C(=O)OCC(=O)c1ccc(Br)s1. The van der Waals surface area contributed by atoms with Crippen LogP contribution in [-0.4, -0.2) is 18.4 Å². The minimum Gasteiger partial charge on any atom is -0.457 e. The Bertz CT molecular complexity index is 414. The molecule has 0 saturated heterocycles. The molecule has 0 spiro atoms. The van der Waals surface area contributed by atoms with Crippen LogP contribution >= 0.6 is 27.3 Å². The summed E-state index contributed by atoms with van der Waals surface area (Å²) in [4.78, 5) is 23.9. The van der Waals surface area contributed by atoms with Gasteiger partial charge in [0.1, 0.15) is 0 Å². The number of hydrogen-bond acceptors (Lipinski definition) is 4. The molecule has 0 saturated carbocycles. The summed E-state index contributed by atoms with van der Waals surface area (Å²) in [7, 11) is 0. The Balaban J connectivity index is 2.36. The summed E-state index contributed by atoms with van der Waals surface area (Å²) >= 11 is 4.64. The lowest BCUT2D eigenvalue weighted by Gasteiger charge is -2.09. The van der Waals surface area contributed by atoms with Crippen LogP contribution in [-0.2, 0) is 9.53 Å². The zero-order valence-electron chi connectivity index (χ0n) is 10.6. The van der Waals surface area contributed by atoms with Gasteiger partial charge in [-0.05, 0) is 34.5 Å². The molecule has 0 aliphatic rings. The molecule has 3 nitrogen and oxygen atoms in total. The maximum atomic E-state index is 11.7. The number of ether oxygens (including phenoxy) is 1. The van der Waals surface area contributed by atoms with E-state index >= 15 is 0 Å². The van der Waals surface area contributed by atoms with Gasteiger partial charge in [0, 0.05) is 0 Å². The number of carbonyl (C=O) groups is 2. The zero-order chi connectivity index (χ0) is 13.5. The number of rotatable bonds is 7. The fraction of sp³-hybridized carbons (Fsp3) is 0.538. The van der Waals surface area contributed by atoms with E-state index in [1.807, 2.05) is 13.0 Å². The molecule has 1 unspecified atom stereocenters. The van der Waals surface area contributed by atoms with Crippen molar-refractivity contribution >= 4 is 39.0 Å². The molecule has 18 heavy (non-hydrogen) atoms. The second-order valence-corrected chi connectivity index (χ2v) is 6.64. The van der Waals surface area contributed by atoms with Gasteiger partial charge in [-0.15, -0.1) is 11.3 Å². The number of carbonyl (C=O) groups excluding carboxylic acids is 2. The van der Waals surface area contributed by atoms with Gasteiger partial charge in [-0.1, -0.05) is 26.7 Å². The van der Waals surface area contributed by atoms with E-state index in [2.05, 4.69) is 22.9 Å². The summed E-state index contributed by atoms with van der Waals surface area (Å²) < 4.78 is 5.93. The molecule has 1 rings (SSSR count). The van der Waals surface area contributed by atoms with Crippen molar-refractivity contribution in [3.63, 3.8) is 0 Å². The Labute approximate surface area is 120 Å². The zero-order valence-corrected chi connectivity index (χ0v) is 13.0. The normalized spacial score (nSPS) is 12.2. The lowest BCUT2D eigenvalue weighted by atomic mass is 10.1. The molecule has 1 heterocycles. The van der Waals surface area contributed by atoms with Crippen LogP contribution in [0.15, 0.2) is 15.9 Å². The van der Waals surface area contributed by atoms with Gasteiger partial charge in [0.15, 0.2) is 6.61 Å². The van der Waals surface area contributed by atoms with Crippen LogP contribution in [0, 0.1) is 5.92 Å². The summed E-state index contributed by atoms with van der Waals surface area (Å²) in [6.07, 6.45) is 2.87. The summed E-state index contributed by atoms with van der Waals surface area (Å²) in [5.74, 6) is -0.568. The predicted molar refractivity (Wildman–Crippen MR) is 76.0 cm³/mol. The average Bonchev–Trinajstić information content (AvgIpc) is 2.79. The first-order chi connectivity index (χ1) is 8.54. The van der Waals surface area contributed by atoms with Gasteiger partial charge < -0.3 is 4.74 Å². The maximum absolute atomic E-state index is 11.7. The summed E-state index contributed by atoms with van der Waals surface area (Å²) in [6.45, 7) is 3.75. The molecule has 0 bridgehead atoms. The number of halogens is 1. The average molecular weight is 333 g/mol. The standard InChI is InChI=1S/C13H17BrO3S/c1-3-4-5-9(2)13(16)17-8-10(15)11-6-7-12(14)18-11/h6-7,9H,3-5,8H2,1-2H3. The first-order valence-corrected chi connectivity index (χ1v) is 7.60. The van der Waals surface area contributed by atoms with E-state index in [0.717, 1.165) is 23.0 Å². The molecular formula is C13H17BrO3S. The first kappa shape index (κ1) is 15.4. The fourth-order valence-electron chi connectivity index (χ4n) is 1.44. The lowest BCUT2D eigenvalue weighted by Crippen LogP contribution is -2.19. The van der Waals surface area contributed by atoms with Gasteiger partial charge in [-0.2, -0.15) is 0 Å². The summed E-state index contributed by atoms with van der Waals surface area (Å²) in [5.41, 5.74) is 0. The van der Waals surface area contributed by atoms with Crippen LogP contribution in [0.1, 0.15) is 42.8 Å². The first-order valence-electron chi connectivity index (χ1n) is 5.99. The molecule has 0 aliphatic carbocycles. The van der Waals surface area contributed by atoms with Crippen molar-refractivity contribution in [3.8, 4) is 0 Å². The molecule has 0 aliphatic heterocycles. The number of unbranched alkanes of at least 4 members (excludes halogenated alkanes) is 1. The molecule has 0 fully saturated rings. The molecule has 1 aromatic heterocycles. The number of esters is 1. The lowest BCUT2D eigenvalue weighted by molar-refractivity contribution is -0.147. The summed E-state index contributed by atoms with van der Waals surface area (Å²) in [5, 5.41) is 0. The number of Topliss-reactive ketones (excluding diaryl/α,β-unsaturated/α-hetero) is 1. The third-order valence-electron chi connectivity index (χ3n) is 2.59. The van der Waals surface area contributed by atoms with E-state index in [1.54, 1.807) is 6.07 Å². The van der Waals surface area contributed by atoms with Crippen LogP contribution in [0.5, 0.6) is 0 Å². The second-order valence-electron chi connectivity index (χ2n) is 4.18. The van der Waals surface area contributed by atoms with Crippen molar-refractivity contribution in [1.29, 1.82) is 0 Å². The largest absolute Gasteiger partial charge is 0.457 e. The van der Waals surface area contributed by atoms with Crippen LogP contribution < -0.4 is 0 Å². The quantitative estimate of drug-likeness (QED) is 0.558. The molecule has 0 radical (unpaired) electrons. The van der Waals surface area contributed by atoms with Crippen molar-refractivity contribution in [2.45, 2.75) is 33.1 Å². The Morgan fingerprint density at radius 3 is 2.72 bits per heavy atom. The number of thiophene rings is 1. The third-order valence-corrected chi connectivity index (χ3v) is 4.25. The maximum Gasteiger partial charge on any atom is 0.309 e. The Hall–Kier alpha value is -0.680. The van der Waals surface area contributed by atoms with E-state index in [1.165, 1.54) is 11.3 Å². The summed E-state index contributed by atoms with van der Waals surface area (Å²) in [6, 6.07) is 3.54. The smallest absolute Gasteiger partial charge is 0.309 e. The molecule has 1 atom stereocenters. The van der Waals surface area contributed by atoms with Crippen LogP contribution in [0.25, 0.3) is 0 Å². The highest BCUT2D eigenvalue weighted by molar-refractivity contribution is 9.11. The van der Waals surface area contributed by atoms with E-state index < -0.39 is 0 Å². The molecule has 5 heteroatoms. The topological polar surface area (TPSA) is 43.4 Å². The predicted octanol–water partition coefficient (Wildman–Crippen LogP) is 4.06. The van der Waals surface area contributed by atoms with Crippen LogP contribution in [0.3, 0.4) is 0 Å². The molecule has 0 aromatic carbocycles.